The van der Waals surface area contributed by atoms with Crippen molar-refractivity contribution in [3.05, 3.63) is 0 Å². The van der Waals surface area contributed by atoms with Crippen molar-refractivity contribution in [2.24, 2.45) is 0 Å². The molecule has 0 aromatic rings. The molecule has 16 heavy (non-hydrogen) atoms. The van der Waals surface area contributed by atoms with Gasteiger partial charge in [0.15, 0.2) is 0 Å². The molecule has 0 aliphatic carbocycles. The monoisotopic (exact) mass is 229 g/mol. The zero-order valence-electron chi connectivity index (χ0n) is 9.81. The van der Waals surface area contributed by atoms with Gasteiger partial charge in [-0.25, -0.2) is 0 Å². The van der Waals surface area contributed by atoms with Gasteiger partial charge in [-0.2, -0.15) is 0 Å². The Kier molecular flexibility index (Phi) is 4.89. The highest BCUT2D eigenvalue weighted by atomic mass is 16.5. The third kappa shape index (κ3) is 3.57. The number of ether oxygens (including phenoxy) is 1. The van der Waals surface area contributed by atoms with Crippen molar-refractivity contribution >= 4 is 11.7 Å². The molecule has 0 spiro atoms. The Bertz CT molecular complexity index is 267. The number of carbonyl (C=O) groups is 2. The summed E-state index contributed by atoms with van der Waals surface area (Å²) in [4.78, 5) is 24.3. The van der Waals surface area contributed by atoms with Crippen LogP contribution < -0.4 is 0 Å². The molecule has 0 aromatic heterocycles. The number of carbonyl (C=O) groups excluding carboxylic acids is 2. The van der Waals surface area contributed by atoms with Crippen LogP contribution in [0.4, 0.5) is 0 Å². The zero-order valence-corrected chi connectivity index (χ0v) is 9.81. The lowest BCUT2D eigenvalue weighted by Gasteiger charge is -2.37. The second-order valence-corrected chi connectivity index (χ2v) is 4.24. The van der Waals surface area contributed by atoms with Crippen LogP contribution in [0.3, 0.4) is 0 Å². The minimum absolute atomic E-state index is 0.0160. The molecule has 5 heteroatoms. The number of Topliss-reactive ketones (excluding diaryl/α,β-unsaturated/α-hetero) is 1. The van der Waals surface area contributed by atoms with E-state index in [1.165, 1.54) is 6.92 Å². The van der Waals surface area contributed by atoms with Crippen LogP contribution >= 0.6 is 0 Å². The molecule has 1 rings (SSSR count). The van der Waals surface area contributed by atoms with Gasteiger partial charge in [0.25, 0.3) is 0 Å². The van der Waals surface area contributed by atoms with E-state index in [2.05, 4.69) is 0 Å². The van der Waals surface area contributed by atoms with Crippen molar-refractivity contribution in [3.63, 3.8) is 0 Å². The molecule has 1 aliphatic rings. The van der Waals surface area contributed by atoms with Crippen molar-refractivity contribution in [3.8, 4) is 0 Å². The minimum atomic E-state index is -0.294. The number of nitrogens with zero attached hydrogens (tertiary/aromatic N) is 1. The Morgan fingerprint density at radius 1 is 1.44 bits per heavy atom. The molecule has 0 radical (unpaired) electrons. The average molecular weight is 229 g/mol. The first-order valence-corrected chi connectivity index (χ1v) is 5.56. The van der Waals surface area contributed by atoms with Crippen molar-refractivity contribution in [1.82, 2.24) is 4.90 Å². The van der Waals surface area contributed by atoms with Gasteiger partial charge in [0, 0.05) is 19.4 Å². The molecule has 0 saturated carbocycles. The van der Waals surface area contributed by atoms with Gasteiger partial charge in [-0.1, -0.05) is 0 Å². The number of rotatable bonds is 4. The zero-order chi connectivity index (χ0) is 12.1. The van der Waals surface area contributed by atoms with Crippen LogP contribution in [-0.4, -0.2) is 53.6 Å². The first kappa shape index (κ1) is 13.1. The van der Waals surface area contributed by atoms with Crippen LogP contribution in [0.2, 0.25) is 0 Å². The first-order valence-electron chi connectivity index (χ1n) is 5.56. The van der Waals surface area contributed by atoms with E-state index in [0.29, 0.717) is 13.2 Å². The van der Waals surface area contributed by atoms with Crippen molar-refractivity contribution in [2.75, 3.05) is 19.8 Å². The second-order valence-electron chi connectivity index (χ2n) is 4.24. The van der Waals surface area contributed by atoms with Gasteiger partial charge >= 0.3 is 0 Å². The van der Waals surface area contributed by atoms with Gasteiger partial charge < -0.3 is 19.5 Å². The number of hydrogen-bond donors (Lipinski definition) is 1. The number of morpholine rings is 1. The molecule has 1 fully saturated rings. The van der Waals surface area contributed by atoms with E-state index in [9.17, 15) is 9.59 Å². The fraction of sp³-hybridized carbons (Fsp3) is 0.818. The number of ketones is 1. The molecule has 1 N–H and O–H groups in total. The van der Waals surface area contributed by atoms with Crippen molar-refractivity contribution in [2.45, 2.75) is 38.8 Å². The Morgan fingerprint density at radius 2 is 2.12 bits per heavy atom. The van der Waals surface area contributed by atoms with E-state index < -0.39 is 0 Å². The predicted octanol–water partition coefficient (Wildman–Crippen LogP) is -0.0362. The highest BCUT2D eigenvalue weighted by molar-refractivity contribution is 5.83. The third-order valence-electron chi connectivity index (χ3n) is 2.72. The Morgan fingerprint density at radius 3 is 2.69 bits per heavy atom. The molecule has 0 bridgehead atoms. The maximum Gasteiger partial charge on any atom is 0.223 e. The van der Waals surface area contributed by atoms with Gasteiger partial charge in [0.05, 0.1) is 25.4 Å². The summed E-state index contributed by atoms with van der Waals surface area (Å²) in [5.41, 5.74) is 0. The topological polar surface area (TPSA) is 66.8 Å². The lowest BCUT2D eigenvalue weighted by molar-refractivity contribution is -0.147. The SMILES string of the molecule is CC(=O)CCC(=O)N1CC(CO)OCC1C. The molecule has 1 saturated heterocycles. The molecule has 1 amide bonds. The Hall–Kier alpha value is -0.940. The summed E-state index contributed by atoms with van der Waals surface area (Å²) >= 11 is 0. The molecule has 2 unspecified atom stereocenters. The maximum atomic E-state index is 11.8. The molecular formula is C11H19NO4. The quantitative estimate of drug-likeness (QED) is 0.734. The fourth-order valence-electron chi connectivity index (χ4n) is 1.70. The van der Waals surface area contributed by atoms with E-state index >= 15 is 0 Å². The summed E-state index contributed by atoms with van der Waals surface area (Å²) in [7, 11) is 0. The Balaban J connectivity index is 2.48. The van der Waals surface area contributed by atoms with Crippen molar-refractivity contribution in [1.29, 1.82) is 0 Å². The van der Waals surface area contributed by atoms with E-state index in [4.69, 9.17) is 9.84 Å². The Labute approximate surface area is 95.4 Å². The molecule has 92 valence electrons. The van der Waals surface area contributed by atoms with Gasteiger partial charge in [0.1, 0.15) is 5.78 Å². The van der Waals surface area contributed by atoms with E-state index in [1.54, 1.807) is 4.90 Å². The standard InChI is InChI=1S/C11H19NO4/c1-8-7-16-10(6-13)5-12(8)11(15)4-3-9(2)14/h8,10,13H,3-7H2,1-2H3. The predicted molar refractivity (Wildman–Crippen MR) is 57.9 cm³/mol. The first-order chi connectivity index (χ1) is 7.54. The summed E-state index contributed by atoms with van der Waals surface area (Å²) in [6.07, 6.45) is 0.238. The summed E-state index contributed by atoms with van der Waals surface area (Å²) in [6, 6.07) is 0.0160. The summed E-state index contributed by atoms with van der Waals surface area (Å²) in [6.45, 7) is 4.15. The number of amides is 1. The van der Waals surface area contributed by atoms with Crippen LogP contribution in [-0.2, 0) is 14.3 Å². The van der Waals surface area contributed by atoms with Gasteiger partial charge in [-0.15, -0.1) is 0 Å². The minimum Gasteiger partial charge on any atom is -0.394 e. The highest BCUT2D eigenvalue weighted by Gasteiger charge is 2.28. The fourth-order valence-corrected chi connectivity index (χ4v) is 1.70. The van der Waals surface area contributed by atoms with Crippen LogP contribution in [0, 0.1) is 0 Å². The smallest absolute Gasteiger partial charge is 0.223 e. The molecule has 5 nitrogen and oxygen atoms in total. The van der Waals surface area contributed by atoms with Crippen LogP contribution in [0.1, 0.15) is 26.7 Å². The summed E-state index contributed by atoms with van der Waals surface area (Å²) in [5.74, 6) is -0.0163. The maximum absolute atomic E-state index is 11.8. The average Bonchev–Trinajstić information content (AvgIpc) is 2.26. The molecule has 2 atom stereocenters. The van der Waals surface area contributed by atoms with Gasteiger partial charge in [0.2, 0.25) is 5.91 Å². The van der Waals surface area contributed by atoms with Crippen LogP contribution in [0.25, 0.3) is 0 Å². The van der Waals surface area contributed by atoms with Crippen molar-refractivity contribution < 1.29 is 19.4 Å². The number of aliphatic hydroxyl groups excluding tert-OH is 1. The van der Waals surface area contributed by atoms with Gasteiger partial charge in [-0.05, 0) is 13.8 Å². The van der Waals surface area contributed by atoms with Crippen LogP contribution in [0.15, 0.2) is 0 Å². The third-order valence-corrected chi connectivity index (χ3v) is 2.72. The summed E-state index contributed by atoms with van der Waals surface area (Å²) < 4.78 is 5.33. The normalized spacial score (nSPS) is 25.6. The molecule has 1 heterocycles. The highest BCUT2D eigenvalue weighted by Crippen LogP contribution is 2.13. The van der Waals surface area contributed by atoms with Crippen LogP contribution in [0.5, 0.6) is 0 Å². The molecule has 0 aromatic carbocycles. The van der Waals surface area contributed by atoms with E-state index in [-0.39, 0.29) is 43.3 Å². The lowest BCUT2D eigenvalue weighted by Crippen LogP contribution is -2.52. The lowest BCUT2D eigenvalue weighted by atomic mass is 10.1. The molecular weight excluding hydrogens is 210 g/mol. The second kappa shape index (κ2) is 5.96. The number of hydrogen-bond acceptors (Lipinski definition) is 4. The summed E-state index contributed by atoms with van der Waals surface area (Å²) in [5, 5.41) is 8.98. The largest absolute Gasteiger partial charge is 0.394 e. The number of aliphatic hydroxyl groups is 1. The van der Waals surface area contributed by atoms with E-state index in [0.717, 1.165) is 0 Å². The van der Waals surface area contributed by atoms with E-state index in [1.807, 2.05) is 6.92 Å². The van der Waals surface area contributed by atoms with Gasteiger partial charge in [-0.3, -0.25) is 4.79 Å². The molecule has 1 aliphatic heterocycles.